The van der Waals surface area contributed by atoms with Gasteiger partial charge in [0.25, 0.3) is 0 Å². The lowest BCUT2D eigenvalue weighted by Gasteiger charge is -2.36. The second kappa shape index (κ2) is 9.45. The zero-order valence-electron chi connectivity index (χ0n) is 16.4. The molecule has 0 aliphatic carbocycles. The smallest absolute Gasteiger partial charge is 0.191 e. The lowest BCUT2D eigenvalue weighted by Crippen LogP contribution is -2.53. The first-order chi connectivity index (χ1) is 12.8. The van der Waals surface area contributed by atoms with E-state index < -0.39 is 14.6 Å². The summed E-state index contributed by atoms with van der Waals surface area (Å²) in [6.45, 7) is 3.18. The molecule has 1 unspecified atom stereocenters. The summed E-state index contributed by atoms with van der Waals surface area (Å²) < 4.78 is 35.2. The van der Waals surface area contributed by atoms with E-state index >= 15 is 0 Å². The van der Waals surface area contributed by atoms with E-state index in [1.54, 1.807) is 7.05 Å². The Morgan fingerprint density at radius 1 is 1.29 bits per heavy atom. The molecule has 7 nitrogen and oxygen atoms in total. The van der Waals surface area contributed by atoms with E-state index in [9.17, 15) is 8.42 Å². The third kappa shape index (κ3) is 4.98. The maximum absolute atomic E-state index is 12.4. The number of para-hydroxylation sites is 1. The van der Waals surface area contributed by atoms with Gasteiger partial charge in [0.15, 0.2) is 15.8 Å². The molecule has 1 aromatic heterocycles. The van der Waals surface area contributed by atoms with Crippen LogP contribution in [0.15, 0.2) is 39.7 Å². The van der Waals surface area contributed by atoms with Gasteiger partial charge in [-0.1, -0.05) is 18.2 Å². The average Bonchev–Trinajstić information content (AvgIpc) is 3.09. The molecule has 0 spiro atoms. The van der Waals surface area contributed by atoms with Gasteiger partial charge in [0.2, 0.25) is 0 Å². The SMILES string of the molecule is CN=C(NCC1(S(C)(=O)=O)CCOCC1)NC(C)c1cc2ccccc2o1.I. The second-order valence-corrected chi connectivity index (χ2v) is 9.46. The number of benzene rings is 1. The number of fused-ring (bicyclic) bond motifs is 1. The molecular weight excluding hydrogens is 493 g/mol. The molecule has 2 aromatic rings. The van der Waals surface area contributed by atoms with E-state index in [1.165, 1.54) is 6.26 Å². The molecule has 156 valence electrons. The minimum Gasteiger partial charge on any atom is -0.459 e. The van der Waals surface area contributed by atoms with Crippen LogP contribution >= 0.6 is 24.0 Å². The number of furan rings is 1. The first kappa shape index (κ1) is 23.0. The molecule has 2 heterocycles. The largest absolute Gasteiger partial charge is 0.459 e. The Balaban J connectivity index is 0.00000280. The van der Waals surface area contributed by atoms with Crippen molar-refractivity contribution in [1.29, 1.82) is 0 Å². The van der Waals surface area contributed by atoms with Crippen LogP contribution in [0.25, 0.3) is 11.0 Å². The quantitative estimate of drug-likeness (QED) is 0.357. The Kier molecular flexibility index (Phi) is 7.74. The van der Waals surface area contributed by atoms with Crippen molar-refractivity contribution in [2.45, 2.75) is 30.6 Å². The predicted octanol–water partition coefficient (Wildman–Crippen LogP) is 2.87. The van der Waals surface area contributed by atoms with Crippen LogP contribution in [-0.2, 0) is 14.6 Å². The molecule has 28 heavy (non-hydrogen) atoms. The van der Waals surface area contributed by atoms with Crippen LogP contribution in [0.2, 0.25) is 0 Å². The highest BCUT2D eigenvalue weighted by Gasteiger charge is 2.42. The third-order valence-corrected chi connectivity index (χ3v) is 7.34. The Morgan fingerprint density at radius 3 is 2.57 bits per heavy atom. The molecule has 1 aromatic carbocycles. The fraction of sp³-hybridized carbons (Fsp3) is 0.526. The van der Waals surface area contributed by atoms with E-state index in [-0.39, 0.29) is 30.0 Å². The molecule has 1 aliphatic heterocycles. The number of hydrogen-bond acceptors (Lipinski definition) is 5. The van der Waals surface area contributed by atoms with Gasteiger partial charge >= 0.3 is 0 Å². The summed E-state index contributed by atoms with van der Waals surface area (Å²) in [5.41, 5.74) is 0.835. The van der Waals surface area contributed by atoms with E-state index in [4.69, 9.17) is 9.15 Å². The minimum atomic E-state index is -3.23. The van der Waals surface area contributed by atoms with Crippen molar-refractivity contribution in [2.24, 2.45) is 4.99 Å². The van der Waals surface area contributed by atoms with Gasteiger partial charge in [-0.05, 0) is 31.9 Å². The van der Waals surface area contributed by atoms with Gasteiger partial charge in [-0.3, -0.25) is 4.99 Å². The highest BCUT2D eigenvalue weighted by atomic mass is 127. The summed E-state index contributed by atoms with van der Waals surface area (Å²) >= 11 is 0. The normalized spacial score (nSPS) is 18.3. The molecule has 3 rings (SSSR count). The number of rotatable bonds is 5. The molecule has 0 radical (unpaired) electrons. The summed E-state index contributed by atoms with van der Waals surface area (Å²) in [7, 11) is -1.57. The van der Waals surface area contributed by atoms with Crippen molar-refractivity contribution in [3.05, 3.63) is 36.1 Å². The molecule has 1 fully saturated rings. The lowest BCUT2D eigenvalue weighted by molar-refractivity contribution is 0.0756. The number of sulfone groups is 1. The van der Waals surface area contributed by atoms with E-state index in [2.05, 4.69) is 15.6 Å². The molecule has 1 atom stereocenters. The lowest BCUT2D eigenvalue weighted by atomic mass is 9.99. The Morgan fingerprint density at radius 2 is 1.96 bits per heavy atom. The van der Waals surface area contributed by atoms with Crippen LogP contribution in [0.3, 0.4) is 0 Å². The van der Waals surface area contributed by atoms with E-state index in [1.807, 2.05) is 37.3 Å². The fourth-order valence-electron chi connectivity index (χ4n) is 3.35. The summed E-state index contributed by atoms with van der Waals surface area (Å²) in [4.78, 5) is 4.23. The zero-order chi connectivity index (χ0) is 19.5. The van der Waals surface area contributed by atoms with Crippen molar-refractivity contribution in [1.82, 2.24) is 10.6 Å². The molecule has 0 bridgehead atoms. The molecule has 0 amide bonds. The highest BCUT2D eigenvalue weighted by Crippen LogP contribution is 2.28. The van der Waals surface area contributed by atoms with Gasteiger partial charge in [-0.25, -0.2) is 8.42 Å². The Labute approximate surface area is 183 Å². The minimum absolute atomic E-state index is 0. The monoisotopic (exact) mass is 521 g/mol. The first-order valence-corrected chi connectivity index (χ1v) is 11.0. The number of ether oxygens (including phenoxy) is 1. The number of nitrogens with zero attached hydrogens (tertiary/aromatic N) is 1. The highest BCUT2D eigenvalue weighted by molar-refractivity contribution is 14.0. The molecular formula is C19H28IN3O4S. The van der Waals surface area contributed by atoms with Gasteiger partial charge in [-0.2, -0.15) is 0 Å². The number of guanidine groups is 1. The van der Waals surface area contributed by atoms with E-state index in [0.717, 1.165) is 16.7 Å². The number of halogens is 1. The summed E-state index contributed by atoms with van der Waals surface area (Å²) in [6, 6.07) is 9.72. The van der Waals surface area contributed by atoms with Crippen molar-refractivity contribution in [3.8, 4) is 0 Å². The van der Waals surface area contributed by atoms with Gasteiger partial charge < -0.3 is 19.8 Å². The number of nitrogens with one attached hydrogen (secondary N) is 2. The van der Waals surface area contributed by atoms with Gasteiger partial charge in [0.1, 0.15) is 11.3 Å². The maximum Gasteiger partial charge on any atom is 0.191 e. The third-order valence-electron chi connectivity index (χ3n) is 5.22. The molecule has 2 N–H and O–H groups in total. The van der Waals surface area contributed by atoms with Crippen LogP contribution in [0.1, 0.15) is 31.6 Å². The fourth-order valence-corrected chi connectivity index (χ4v) is 4.60. The van der Waals surface area contributed by atoms with Crippen molar-refractivity contribution < 1.29 is 17.6 Å². The summed E-state index contributed by atoms with van der Waals surface area (Å²) in [5.74, 6) is 1.33. The zero-order valence-corrected chi connectivity index (χ0v) is 19.5. The molecule has 1 saturated heterocycles. The Bertz CT molecular complexity index is 887. The first-order valence-electron chi connectivity index (χ1n) is 9.08. The van der Waals surface area contributed by atoms with Crippen LogP contribution < -0.4 is 10.6 Å². The maximum atomic E-state index is 12.4. The topological polar surface area (TPSA) is 92.9 Å². The van der Waals surface area contributed by atoms with Gasteiger partial charge in [-0.15, -0.1) is 24.0 Å². The molecule has 9 heteroatoms. The summed E-state index contributed by atoms with van der Waals surface area (Å²) in [5, 5.41) is 7.50. The van der Waals surface area contributed by atoms with Crippen molar-refractivity contribution in [3.63, 3.8) is 0 Å². The van der Waals surface area contributed by atoms with Crippen LogP contribution in [0, 0.1) is 0 Å². The molecule has 1 aliphatic rings. The van der Waals surface area contributed by atoms with Crippen molar-refractivity contribution in [2.75, 3.05) is 33.1 Å². The Hall–Kier alpha value is -1.33. The average molecular weight is 521 g/mol. The summed E-state index contributed by atoms with van der Waals surface area (Å²) in [6.07, 6.45) is 2.26. The van der Waals surface area contributed by atoms with Gasteiger partial charge in [0, 0.05) is 38.4 Å². The standard InChI is InChI=1S/C19H27N3O4S.HI/c1-14(17-12-15-6-4-5-7-16(15)26-17)22-18(20-2)21-13-19(27(3,23)24)8-10-25-11-9-19;/h4-7,12,14H,8-11,13H2,1-3H3,(H2,20,21,22);1H. The number of hydrogen-bond donors (Lipinski definition) is 2. The van der Waals surface area contributed by atoms with Crippen molar-refractivity contribution >= 4 is 50.7 Å². The van der Waals surface area contributed by atoms with Crippen LogP contribution in [0.5, 0.6) is 0 Å². The predicted molar refractivity (Wildman–Crippen MR) is 122 cm³/mol. The van der Waals surface area contributed by atoms with Crippen LogP contribution in [0.4, 0.5) is 0 Å². The van der Waals surface area contributed by atoms with Gasteiger partial charge in [0.05, 0.1) is 10.8 Å². The van der Waals surface area contributed by atoms with E-state index in [0.29, 0.717) is 38.6 Å². The molecule has 0 saturated carbocycles. The second-order valence-electron chi connectivity index (χ2n) is 7.05. The number of aliphatic imine (C=N–C) groups is 1. The van der Waals surface area contributed by atoms with Crippen LogP contribution in [-0.4, -0.2) is 52.2 Å².